The zero-order chi connectivity index (χ0) is 15.6. The van der Waals surface area contributed by atoms with Crippen molar-refractivity contribution in [2.75, 3.05) is 0 Å². The third-order valence-electron chi connectivity index (χ3n) is 3.53. The average molecular weight is 304 g/mol. The van der Waals surface area contributed by atoms with E-state index in [2.05, 4.69) is 0 Å². The van der Waals surface area contributed by atoms with E-state index in [1.807, 2.05) is 12.1 Å². The van der Waals surface area contributed by atoms with Crippen LogP contribution in [0, 0.1) is 13.8 Å². The first-order valence-electron chi connectivity index (χ1n) is 6.74. The van der Waals surface area contributed by atoms with E-state index in [1.165, 1.54) is 0 Å². The minimum atomic E-state index is -3.53. The summed E-state index contributed by atoms with van der Waals surface area (Å²) in [4.78, 5) is 0.645. The number of nitrogens with two attached hydrogens (primary N) is 2. The Hall–Kier alpha value is -1.69. The van der Waals surface area contributed by atoms with Gasteiger partial charge in [-0.1, -0.05) is 24.3 Å². The SMILES string of the molecule is Cc1cc(CN)ccc1S(=O)(=O)c1ccc(CN)cc1C. The first-order valence-corrected chi connectivity index (χ1v) is 8.22. The predicted molar refractivity (Wildman–Crippen MR) is 83.6 cm³/mol. The van der Waals surface area contributed by atoms with Crippen molar-refractivity contribution in [2.45, 2.75) is 36.7 Å². The lowest BCUT2D eigenvalue weighted by atomic mass is 10.1. The Morgan fingerprint density at radius 2 is 1.19 bits per heavy atom. The summed E-state index contributed by atoms with van der Waals surface area (Å²) in [5.41, 5.74) is 14.4. The first-order chi connectivity index (χ1) is 9.90. The van der Waals surface area contributed by atoms with E-state index in [9.17, 15) is 8.42 Å². The van der Waals surface area contributed by atoms with Crippen molar-refractivity contribution in [3.63, 3.8) is 0 Å². The molecule has 0 saturated carbocycles. The standard InChI is InChI=1S/C16H20N2O2S/c1-11-7-13(9-17)3-5-15(11)21(19,20)16-6-4-14(10-18)8-12(16)2/h3-8H,9-10,17-18H2,1-2H3. The molecule has 0 aromatic heterocycles. The zero-order valence-electron chi connectivity index (χ0n) is 12.3. The Morgan fingerprint density at radius 1 is 0.810 bits per heavy atom. The van der Waals surface area contributed by atoms with Crippen LogP contribution >= 0.6 is 0 Å². The average Bonchev–Trinajstić information content (AvgIpc) is 2.46. The van der Waals surface area contributed by atoms with Crippen LogP contribution in [-0.2, 0) is 22.9 Å². The fourth-order valence-electron chi connectivity index (χ4n) is 2.40. The predicted octanol–water partition coefficient (Wildman–Crippen LogP) is 2.05. The maximum absolute atomic E-state index is 12.8. The van der Waals surface area contributed by atoms with Gasteiger partial charge in [-0.3, -0.25) is 0 Å². The van der Waals surface area contributed by atoms with Crippen LogP contribution in [0.1, 0.15) is 22.3 Å². The molecule has 2 rings (SSSR count). The number of sulfone groups is 1. The summed E-state index contributed by atoms with van der Waals surface area (Å²) >= 11 is 0. The van der Waals surface area contributed by atoms with Gasteiger partial charge in [-0.15, -0.1) is 0 Å². The van der Waals surface area contributed by atoms with Crippen molar-refractivity contribution in [3.05, 3.63) is 58.7 Å². The summed E-state index contributed by atoms with van der Waals surface area (Å²) in [7, 11) is -3.53. The van der Waals surface area contributed by atoms with Crippen LogP contribution in [0.15, 0.2) is 46.2 Å². The van der Waals surface area contributed by atoms with Crippen LogP contribution in [0.4, 0.5) is 0 Å². The molecule has 2 aromatic carbocycles. The van der Waals surface area contributed by atoms with Gasteiger partial charge in [0.1, 0.15) is 0 Å². The van der Waals surface area contributed by atoms with Crippen LogP contribution in [0.2, 0.25) is 0 Å². The lowest BCUT2D eigenvalue weighted by Crippen LogP contribution is -2.08. The van der Waals surface area contributed by atoms with Crippen molar-refractivity contribution in [1.29, 1.82) is 0 Å². The van der Waals surface area contributed by atoms with Gasteiger partial charge in [0.05, 0.1) is 9.79 Å². The first kappa shape index (κ1) is 15.7. The minimum absolute atomic E-state index is 0.322. The molecule has 21 heavy (non-hydrogen) atoms. The molecule has 0 spiro atoms. The van der Waals surface area contributed by atoms with Crippen LogP contribution in [0.25, 0.3) is 0 Å². The summed E-state index contributed by atoms with van der Waals surface area (Å²) in [6, 6.07) is 10.4. The molecule has 0 atom stereocenters. The Kier molecular flexibility index (Phi) is 4.46. The summed E-state index contributed by atoms with van der Waals surface area (Å²) in [6.07, 6.45) is 0. The van der Waals surface area contributed by atoms with Crippen molar-refractivity contribution in [1.82, 2.24) is 0 Å². The van der Waals surface area contributed by atoms with E-state index in [4.69, 9.17) is 11.5 Å². The Labute approximate surface area is 125 Å². The highest BCUT2D eigenvalue weighted by Gasteiger charge is 2.22. The second-order valence-corrected chi connectivity index (χ2v) is 7.00. The maximum atomic E-state index is 12.8. The molecular formula is C16H20N2O2S. The lowest BCUT2D eigenvalue weighted by Gasteiger charge is -2.12. The molecule has 0 saturated heterocycles. The van der Waals surface area contributed by atoms with Crippen LogP contribution in [0.5, 0.6) is 0 Å². The normalized spacial score (nSPS) is 11.6. The molecule has 0 amide bonds. The van der Waals surface area contributed by atoms with Gasteiger partial charge < -0.3 is 11.5 Å². The van der Waals surface area contributed by atoms with E-state index in [0.29, 0.717) is 34.0 Å². The highest BCUT2D eigenvalue weighted by Crippen LogP contribution is 2.27. The van der Waals surface area contributed by atoms with Crippen molar-refractivity contribution in [2.24, 2.45) is 11.5 Å². The quantitative estimate of drug-likeness (QED) is 0.905. The second kappa shape index (κ2) is 5.97. The van der Waals surface area contributed by atoms with E-state index < -0.39 is 9.84 Å². The van der Waals surface area contributed by atoms with Gasteiger partial charge in [0.2, 0.25) is 9.84 Å². The van der Waals surface area contributed by atoms with Gasteiger partial charge in [-0.2, -0.15) is 0 Å². The topological polar surface area (TPSA) is 86.2 Å². The van der Waals surface area contributed by atoms with Gasteiger partial charge in [0, 0.05) is 13.1 Å². The third-order valence-corrected chi connectivity index (χ3v) is 5.60. The smallest absolute Gasteiger partial charge is 0.207 e. The summed E-state index contributed by atoms with van der Waals surface area (Å²) in [5.74, 6) is 0. The summed E-state index contributed by atoms with van der Waals surface area (Å²) in [6.45, 7) is 4.36. The number of hydrogen-bond donors (Lipinski definition) is 2. The van der Waals surface area contributed by atoms with Gasteiger partial charge in [-0.05, 0) is 48.2 Å². The number of aryl methyl sites for hydroxylation is 2. The lowest BCUT2D eigenvalue weighted by molar-refractivity contribution is 0.595. The number of rotatable bonds is 4. The summed E-state index contributed by atoms with van der Waals surface area (Å²) < 4.78 is 25.6. The second-order valence-electron chi connectivity index (χ2n) is 5.11. The highest BCUT2D eigenvalue weighted by atomic mass is 32.2. The zero-order valence-corrected chi connectivity index (χ0v) is 13.1. The third kappa shape index (κ3) is 3.00. The fraction of sp³-hybridized carbons (Fsp3) is 0.250. The van der Waals surface area contributed by atoms with Gasteiger partial charge in [0.15, 0.2) is 0 Å². The monoisotopic (exact) mass is 304 g/mol. The molecule has 5 heteroatoms. The van der Waals surface area contributed by atoms with Crippen molar-refractivity contribution >= 4 is 9.84 Å². The molecular weight excluding hydrogens is 284 g/mol. The molecule has 0 heterocycles. The fourth-order valence-corrected chi connectivity index (χ4v) is 4.10. The van der Waals surface area contributed by atoms with Crippen LogP contribution in [0.3, 0.4) is 0 Å². The molecule has 4 N–H and O–H groups in total. The Morgan fingerprint density at radius 3 is 1.48 bits per heavy atom. The molecule has 0 aliphatic carbocycles. The Bertz CT molecular complexity index is 708. The Balaban J connectivity index is 2.57. The largest absolute Gasteiger partial charge is 0.326 e. The molecule has 112 valence electrons. The van der Waals surface area contributed by atoms with Crippen molar-refractivity contribution < 1.29 is 8.42 Å². The van der Waals surface area contributed by atoms with Crippen molar-refractivity contribution in [3.8, 4) is 0 Å². The minimum Gasteiger partial charge on any atom is -0.326 e. The van der Waals surface area contributed by atoms with Gasteiger partial charge in [0.25, 0.3) is 0 Å². The van der Waals surface area contributed by atoms with Crippen LogP contribution < -0.4 is 11.5 Å². The molecule has 0 aliphatic rings. The molecule has 4 nitrogen and oxygen atoms in total. The molecule has 0 aliphatic heterocycles. The van der Waals surface area contributed by atoms with Crippen LogP contribution in [-0.4, -0.2) is 8.42 Å². The molecule has 0 radical (unpaired) electrons. The van der Waals surface area contributed by atoms with E-state index in [1.54, 1.807) is 38.1 Å². The highest BCUT2D eigenvalue weighted by molar-refractivity contribution is 7.91. The molecule has 0 bridgehead atoms. The van der Waals surface area contributed by atoms with E-state index in [-0.39, 0.29) is 0 Å². The number of benzene rings is 2. The van der Waals surface area contributed by atoms with Gasteiger partial charge in [-0.25, -0.2) is 8.42 Å². The maximum Gasteiger partial charge on any atom is 0.207 e. The summed E-state index contributed by atoms with van der Waals surface area (Å²) in [5, 5.41) is 0. The molecule has 2 aromatic rings. The van der Waals surface area contributed by atoms with E-state index >= 15 is 0 Å². The molecule has 0 fully saturated rings. The van der Waals surface area contributed by atoms with Gasteiger partial charge >= 0.3 is 0 Å². The number of hydrogen-bond acceptors (Lipinski definition) is 4. The molecule has 0 unspecified atom stereocenters. The van der Waals surface area contributed by atoms with E-state index in [0.717, 1.165) is 11.1 Å².